The van der Waals surface area contributed by atoms with Crippen molar-refractivity contribution in [3.05, 3.63) is 35.2 Å². The minimum absolute atomic E-state index is 0.189. The highest BCUT2D eigenvalue weighted by atomic mass is 35.5. The molecular formula is C11H12ClN3. The molecule has 2 rings (SSSR count). The Morgan fingerprint density at radius 3 is 2.87 bits per heavy atom. The lowest BCUT2D eigenvalue weighted by molar-refractivity contribution is 0.637. The highest BCUT2D eigenvalue weighted by Crippen LogP contribution is 2.25. The fourth-order valence-electron chi connectivity index (χ4n) is 1.55. The maximum atomic E-state index is 6.07. The number of hydrogen-bond acceptors (Lipinski definition) is 3. The molecule has 4 heteroatoms. The van der Waals surface area contributed by atoms with E-state index in [0.717, 1.165) is 16.6 Å². The number of halogens is 1. The molecule has 78 valence electrons. The van der Waals surface area contributed by atoms with E-state index in [-0.39, 0.29) is 6.04 Å². The van der Waals surface area contributed by atoms with E-state index >= 15 is 0 Å². The molecule has 0 aliphatic heterocycles. The third kappa shape index (κ3) is 1.80. The first-order valence-electron chi connectivity index (χ1n) is 4.80. The molecule has 0 amide bonds. The molecule has 3 nitrogen and oxygen atoms in total. The summed E-state index contributed by atoms with van der Waals surface area (Å²) < 4.78 is 0. The van der Waals surface area contributed by atoms with Crippen LogP contribution in [0.3, 0.4) is 0 Å². The van der Waals surface area contributed by atoms with E-state index in [9.17, 15) is 0 Å². The van der Waals surface area contributed by atoms with Gasteiger partial charge in [0.05, 0.1) is 16.2 Å². The van der Waals surface area contributed by atoms with Gasteiger partial charge in [0.25, 0.3) is 0 Å². The molecule has 0 radical (unpaired) electrons. The standard InChI is InChI=1S/C11H12ClN3/c1-7(13-2)10-8-4-3-5-9(12)11(8)15-6-14-10/h3-7,13H,1-2H3. The maximum Gasteiger partial charge on any atom is 0.116 e. The molecule has 1 heterocycles. The Bertz CT molecular complexity index is 484. The summed E-state index contributed by atoms with van der Waals surface area (Å²) in [6.45, 7) is 2.06. The van der Waals surface area contributed by atoms with Gasteiger partial charge in [-0.3, -0.25) is 0 Å². The number of hydrogen-bond donors (Lipinski definition) is 1. The topological polar surface area (TPSA) is 37.8 Å². The van der Waals surface area contributed by atoms with Crippen molar-refractivity contribution in [1.29, 1.82) is 0 Å². The molecule has 0 saturated carbocycles. The average Bonchev–Trinajstić information content (AvgIpc) is 2.28. The molecule has 0 aliphatic carbocycles. The van der Waals surface area contributed by atoms with Crippen LogP contribution in [-0.2, 0) is 0 Å². The lowest BCUT2D eigenvalue weighted by Crippen LogP contribution is -2.14. The van der Waals surface area contributed by atoms with E-state index in [2.05, 4.69) is 22.2 Å². The number of rotatable bonds is 2. The van der Waals surface area contributed by atoms with E-state index in [1.54, 1.807) is 6.33 Å². The smallest absolute Gasteiger partial charge is 0.116 e. The molecule has 1 aromatic carbocycles. The zero-order valence-corrected chi connectivity index (χ0v) is 9.42. The zero-order chi connectivity index (χ0) is 10.8. The molecule has 0 aliphatic rings. The monoisotopic (exact) mass is 221 g/mol. The van der Waals surface area contributed by atoms with Crippen LogP contribution in [0, 0.1) is 0 Å². The highest BCUT2D eigenvalue weighted by Gasteiger charge is 2.10. The van der Waals surface area contributed by atoms with Gasteiger partial charge in [-0.1, -0.05) is 23.7 Å². The average molecular weight is 222 g/mol. The molecular weight excluding hydrogens is 210 g/mol. The zero-order valence-electron chi connectivity index (χ0n) is 8.66. The van der Waals surface area contributed by atoms with Gasteiger partial charge >= 0.3 is 0 Å². The first-order valence-corrected chi connectivity index (χ1v) is 5.18. The van der Waals surface area contributed by atoms with E-state index in [1.165, 1.54) is 0 Å². The molecule has 0 fully saturated rings. The van der Waals surface area contributed by atoms with Crippen LogP contribution in [0.4, 0.5) is 0 Å². The second kappa shape index (κ2) is 4.13. The summed E-state index contributed by atoms with van der Waals surface area (Å²) in [6, 6.07) is 5.93. The second-order valence-electron chi connectivity index (χ2n) is 3.41. The summed E-state index contributed by atoms with van der Waals surface area (Å²) in [5.41, 5.74) is 1.79. The Hall–Kier alpha value is -1.19. The Labute approximate surface area is 93.5 Å². The van der Waals surface area contributed by atoms with Crippen molar-refractivity contribution in [2.45, 2.75) is 13.0 Å². The van der Waals surface area contributed by atoms with Crippen molar-refractivity contribution in [3.8, 4) is 0 Å². The van der Waals surface area contributed by atoms with Crippen molar-refractivity contribution in [3.63, 3.8) is 0 Å². The third-order valence-electron chi connectivity index (χ3n) is 2.49. The van der Waals surface area contributed by atoms with Gasteiger partial charge in [-0.2, -0.15) is 0 Å². The number of nitrogens with one attached hydrogen (secondary N) is 1. The number of fused-ring (bicyclic) bond motifs is 1. The lowest BCUT2D eigenvalue weighted by Gasteiger charge is -2.11. The third-order valence-corrected chi connectivity index (χ3v) is 2.79. The van der Waals surface area contributed by atoms with Gasteiger partial charge < -0.3 is 5.32 Å². The van der Waals surface area contributed by atoms with Gasteiger partial charge in [-0.25, -0.2) is 9.97 Å². The van der Waals surface area contributed by atoms with Crippen molar-refractivity contribution < 1.29 is 0 Å². The fourth-order valence-corrected chi connectivity index (χ4v) is 1.78. The summed E-state index contributed by atoms with van der Waals surface area (Å²) in [4.78, 5) is 8.47. The number of aromatic nitrogens is 2. The summed E-state index contributed by atoms with van der Waals surface area (Å²) in [7, 11) is 1.91. The van der Waals surface area contributed by atoms with Gasteiger partial charge in [0.1, 0.15) is 6.33 Å². The summed E-state index contributed by atoms with van der Waals surface area (Å²) in [5, 5.41) is 4.83. The number of nitrogens with zero attached hydrogens (tertiary/aromatic N) is 2. The largest absolute Gasteiger partial charge is 0.312 e. The van der Waals surface area contributed by atoms with Crippen LogP contribution in [0.25, 0.3) is 10.9 Å². The lowest BCUT2D eigenvalue weighted by atomic mass is 10.1. The SMILES string of the molecule is CNC(C)c1ncnc2c(Cl)cccc12. The Balaban J connectivity index is 2.71. The van der Waals surface area contributed by atoms with E-state index in [0.29, 0.717) is 5.02 Å². The molecule has 1 N–H and O–H groups in total. The van der Waals surface area contributed by atoms with Crippen molar-refractivity contribution >= 4 is 22.5 Å². The van der Waals surface area contributed by atoms with Crippen molar-refractivity contribution in [2.24, 2.45) is 0 Å². The van der Waals surface area contributed by atoms with Crippen LogP contribution >= 0.6 is 11.6 Å². The molecule has 1 unspecified atom stereocenters. The van der Waals surface area contributed by atoms with Crippen LogP contribution in [-0.4, -0.2) is 17.0 Å². The van der Waals surface area contributed by atoms with Crippen LogP contribution in [0.2, 0.25) is 5.02 Å². The van der Waals surface area contributed by atoms with Gasteiger partial charge in [0, 0.05) is 11.4 Å². The van der Waals surface area contributed by atoms with Gasteiger partial charge in [-0.15, -0.1) is 0 Å². The van der Waals surface area contributed by atoms with Crippen LogP contribution in [0.1, 0.15) is 18.7 Å². The number of para-hydroxylation sites is 1. The Morgan fingerprint density at radius 1 is 1.33 bits per heavy atom. The van der Waals surface area contributed by atoms with Crippen LogP contribution in [0.15, 0.2) is 24.5 Å². The quantitative estimate of drug-likeness (QED) is 0.847. The molecule has 2 aromatic rings. The minimum atomic E-state index is 0.189. The maximum absolute atomic E-state index is 6.07. The van der Waals surface area contributed by atoms with Gasteiger partial charge in [0.2, 0.25) is 0 Å². The molecule has 0 saturated heterocycles. The second-order valence-corrected chi connectivity index (χ2v) is 3.81. The molecule has 1 atom stereocenters. The fraction of sp³-hybridized carbons (Fsp3) is 0.273. The summed E-state index contributed by atoms with van der Waals surface area (Å²) in [6.07, 6.45) is 1.55. The minimum Gasteiger partial charge on any atom is -0.312 e. The summed E-state index contributed by atoms with van der Waals surface area (Å²) in [5.74, 6) is 0. The normalized spacial score (nSPS) is 13.0. The van der Waals surface area contributed by atoms with Gasteiger partial charge in [0.15, 0.2) is 0 Å². The van der Waals surface area contributed by atoms with E-state index in [1.807, 2.05) is 25.2 Å². The van der Waals surface area contributed by atoms with E-state index < -0.39 is 0 Å². The van der Waals surface area contributed by atoms with Crippen LogP contribution in [0.5, 0.6) is 0 Å². The number of benzene rings is 1. The predicted molar refractivity (Wildman–Crippen MR) is 62.0 cm³/mol. The molecule has 15 heavy (non-hydrogen) atoms. The molecule has 0 bridgehead atoms. The Morgan fingerprint density at radius 2 is 2.13 bits per heavy atom. The Kier molecular flexibility index (Phi) is 2.84. The highest BCUT2D eigenvalue weighted by molar-refractivity contribution is 6.35. The van der Waals surface area contributed by atoms with Crippen molar-refractivity contribution in [1.82, 2.24) is 15.3 Å². The van der Waals surface area contributed by atoms with Crippen LogP contribution < -0.4 is 5.32 Å². The molecule has 1 aromatic heterocycles. The van der Waals surface area contributed by atoms with Crippen molar-refractivity contribution in [2.75, 3.05) is 7.05 Å². The van der Waals surface area contributed by atoms with Gasteiger partial charge in [-0.05, 0) is 20.0 Å². The first-order chi connectivity index (χ1) is 7.24. The summed E-state index contributed by atoms with van der Waals surface area (Å²) >= 11 is 6.07. The molecule has 0 spiro atoms. The first kappa shape index (κ1) is 10.3. The predicted octanol–water partition coefficient (Wildman–Crippen LogP) is 2.56. The van der Waals surface area contributed by atoms with E-state index in [4.69, 9.17) is 11.6 Å².